The van der Waals surface area contributed by atoms with Crippen molar-refractivity contribution in [3.8, 4) is 0 Å². The molecule has 0 rings (SSSR count). The van der Waals surface area contributed by atoms with E-state index >= 15 is 0 Å². The van der Waals surface area contributed by atoms with Crippen molar-refractivity contribution in [2.45, 2.75) is 33.9 Å². The summed E-state index contributed by atoms with van der Waals surface area (Å²) in [5.74, 6) is -0.228. The van der Waals surface area contributed by atoms with E-state index in [1.165, 1.54) is 7.11 Å². The van der Waals surface area contributed by atoms with Gasteiger partial charge in [0.1, 0.15) is 6.17 Å². The Morgan fingerprint density at radius 3 is 2.29 bits per heavy atom. The molecule has 1 N–H and O–H groups in total. The van der Waals surface area contributed by atoms with E-state index in [1.54, 1.807) is 13.8 Å². The Morgan fingerprint density at radius 1 is 1.43 bits per heavy atom. The van der Waals surface area contributed by atoms with E-state index in [-0.39, 0.29) is 25.0 Å². The van der Waals surface area contributed by atoms with Crippen LogP contribution in [-0.4, -0.2) is 32.3 Å². The van der Waals surface area contributed by atoms with Crippen molar-refractivity contribution in [1.82, 2.24) is 5.32 Å². The number of carbonyl (C=O) groups excluding carboxylic acids is 1. The molecule has 0 saturated carbocycles. The molecule has 0 aliphatic heterocycles. The molecule has 0 aliphatic rings. The fraction of sp³-hybridized carbons (Fsp3) is 0.900. The first kappa shape index (κ1) is 15.8. The third kappa shape index (κ3) is 9.45. The minimum absolute atomic E-state index is 0.0262. The molecule has 0 aliphatic carbocycles. The van der Waals surface area contributed by atoms with Crippen molar-refractivity contribution in [1.29, 1.82) is 0 Å². The fourth-order valence-corrected chi connectivity index (χ4v) is 0.655. The lowest BCUT2D eigenvalue weighted by molar-refractivity contribution is -0.124. The van der Waals surface area contributed by atoms with Crippen molar-refractivity contribution in [2.24, 2.45) is 5.92 Å². The van der Waals surface area contributed by atoms with Gasteiger partial charge in [0.05, 0.1) is 13.2 Å². The average molecular weight is 207 g/mol. The molecule has 0 fully saturated rings. The number of halogens is 1. The number of alkyl halides is 1. The Bertz CT molecular complexity index is 140. The number of hydrogen-bond donors (Lipinski definition) is 1. The monoisotopic (exact) mass is 207 g/mol. The summed E-state index contributed by atoms with van der Waals surface area (Å²) in [6.45, 7) is 7.58. The Balaban J connectivity index is 0. The molecule has 0 saturated heterocycles. The second kappa shape index (κ2) is 10.4. The van der Waals surface area contributed by atoms with Crippen LogP contribution in [0.1, 0.15) is 27.7 Å². The van der Waals surface area contributed by atoms with Gasteiger partial charge in [0.2, 0.25) is 5.91 Å². The van der Waals surface area contributed by atoms with E-state index in [0.717, 1.165) is 0 Å². The van der Waals surface area contributed by atoms with E-state index in [1.807, 2.05) is 13.8 Å². The highest BCUT2D eigenvalue weighted by molar-refractivity contribution is 5.77. The minimum Gasteiger partial charge on any atom is -0.382 e. The number of methoxy groups -OCH3 is 1. The van der Waals surface area contributed by atoms with Gasteiger partial charge in [0.15, 0.2) is 0 Å². The normalized spacial score (nSPS) is 11.6. The van der Waals surface area contributed by atoms with Crippen molar-refractivity contribution in [3.63, 3.8) is 0 Å². The van der Waals surface area contributed by atoms with Gasteiger partial charge in [0.25, 0.3) is 0 Å². The Labute approximate surface area is 86.0 Å². The summed E-state index contributed by atoms with van der Waals surface area (Å²) in [5, 5.41) is 2.47. The molecule has 0 aromatic rings. The van der Waals surface area contributed by atoms with Crippen LogP contribution in [0.4, 0.5) is 4.39 Å². The maximum absolute atomic E-state index is 12.7. The van der Waals surface area contributed by atoms with E-state index in [4.69, 9.17) is 0 Å². The third-order valence-corrected chi connectivity index (χ3v) is 1.37. The summed E-state index contributed by atoms with van der Waals surface area (Å²) in [5.41, 5.74) is 0. The Morgan fingerprint density at radius 2 is 1.93 bits per heavy atom. The summed E-state index contributed by atoms with van der Waals surface area (Å²) < 4.78 is 17.3. The number of carbonyl (C=O) groups is 1. The molecule has 0 aromatic heterocycles. The Kier molecular flexibility index (Phi) is 11.8. The zero-order valence-electron chi connectivity index (χ0n) is 9.76. The van der Waals surface area contributed by atoms with Crippen molar-refractivity contribution < 1.29 is 13.9 Å². The van der Waals surface area contributed by atoms with Gasteiger partial charge in [-0.1, -0.05) is 27.7 Å². The van der Waals surface area contributed by atoms with Crippen LogP contribution in [0.5, 0.6) is 0 Å². The maximum Gasteiger partial charge on any atom is 0.222 e. The molecular formula is C10H22FNO2. The second-order valence-corrected chi connectivity index (χ2v) is 2.95. The topological polar surface area (TPSA) is 38.3 Å². The highest BCUT2D eigenvalue weighted by atomic mass is 19.1. The summed E-state index contributed by atoms with van der Waals surface area (Å²) in [6.07, 6.45) is -1.11. The maximum atomic E-state index is 12.7. The van der Waals surface area contributed by atoms with Gasteiger partial charge in [-0.3, -0.25) is 4.79 Å². The smallest absolute Gasteiger partial charge is 0.222 e. The number of rotatable bonds is 5. The summed E-state index contributed by atoms with van der Waals surface area (Å²) in [6, 6.07) is 0. The third-order valence-electron chi connectivity index (χ3n) is 1.37. The number of ether oxygens (including phenoxy) is 1. The van der Waals surface area contributed by atoms with Crippen LogP contribution < -0.4 is 5.32 Å². The molecule has 0 radical (unpaired) electrons. The van der Waals surface area contributed by atoms with E-state index in [9.17, 15) is 9.18 Å². The lowest BCUT2D eigenvalue weighted by Gasteiger charge is -2.10. The largest absolute Gasteiger partial charge is 0.382 e. The van der Waals surface area contributed by atoms with Crippen LogP contribution >= 0.6 is 0 Å². The lowest BCUT2D eigenvalue weighted by atomic mass is 10.2. The molecule has 0 aromatic carbocycles. The summed E-state index contributed by atoms with van der Waals surface area (Å²) in [4.78, 5) is 10.9. The van der Waals surface area contributed by atoms with E-state index in [2.05, 4.69) is 10.1 Å². The first-order chi connectivity index (χ1) is 6.57. The zero-order chi connectivity index (χ0) is 11.6. The van der Waals surface area contributed by atoms with Gasteiger partial charge in [-0.15, -0.1) is 0 Å². The minimum atomic E-state index is -1.11. The van der Waals surface area contributed by atoms with Crippen molar-refractivity contribution in [2.75, 3.05) is 20.3 Å². The standard InChI is InChI=1S/C8H16FNO2.C2H6/c1-6(2)8(11)10-4-7(9)5-12-3;1-2/h6-7H,4-5H2,1-3H3,(H,10,11);1-2H3. The Hall–Kier alpha value is -0.640. The molecule has 1 atom stereocenters. The molecule has 3 nitrogen and oxygen atoms in total. The van der Waals surface area contributed by atoms with Crippen molar-refractivity contribution >= 4 is 5.91 Å². The summed E-state index contributed by atoms with van der Waals surface area (Å²) in [7, 11) is 1.43. The number of amides is 1. The summed E-state index contributed by atoms with van der Waals surface area (Å²) >= 11 is 0. The lowest BCUT2D eigenvalue weighted by Crippen LogP contribution is -2.34. The first-order valence-corrected chi connectivity index (χ1v) is 4.98. The van der Waals surface area contributed by atoms with Crippen LogP contribution in [0.3, 0.4) is 0 Å². The van der Waals surface area contributed by atoms with Gasteiger partial charge >= 0.3 is 0 Å². The van der Waals surface area contributed by atoms with Crippen LogP contribution in [0.2, 0.25) is 0 Å². The quantitative estimate of drug-likeness (QED) is 0.746. The SMILES string of the molecule is CC.COCC(F)CNC(=O)C(C)C. The van der Waals surface area contributed by atoms with Gasteiger partial charge in [0, 0.05) is 13.0 Å². The number of hydrogen-bond acceptors (Lipinski definition) is 2. The first-order valence-electron chi connectivity index (χ1n) is 4.98. The molecular weight excluding hydrogens is 185 g/mol. The molecule has 4 heteroatoms. The molecule has 0 heterocycles. The zero-order valence-corrected chi connectivity index (χ0v) is 9.76. The highest BCUT2D eigenvalue weighted by Crippen LogP contribution is 1.93. The molecule has 86 valence electrons. The number of nitrogens with one attached hydrogen (secondary N) is 1. The predicted molar refractivity (Wildman–Crippen MR) is 56.0 cm³/mol. The molecule has 1 unspecified atom stereocenters. The molecule has 0 bridgehead atoms. The average Bonchev–Trinajstić information content (AvgIpc) is 2.17. The molecule has 0 spiro atoms. The van der Waals surface area contributed by atoms with Gasteiger partial charge in [-0.05, 0) is 0 Å². The van der Waals surface area contributed by atoms with E-state index in [0.29, 0.717) is 0 Å². The van der Waals surface area contributed by atoms with Gasteiger partial charge in [-0.25, -0.2) is 4.39 Å². The second-order valence-electron chi connectivity index (χ2n) is 2.95. The highest BCUT2D eigenvalue weighted by Gasteiger charge is 2.10. The van der Waals surface area contributed by atoms with Crippen molar-refractivity contribution in [3.05, 3.63) is 0 Å². The van der Waals surface area contributed by atoms with Gasteiger partial charge in [-0.2, -0.15) is 0 Å². The van der Waals surface area contributed by atoms with Crippen LogP contribution in [0.15, 0.2) is 0 Å². The van der Waals surface area contributed by atoms with E-state index < -0.39 is 6.17 Å². The molecule has 14 heavy (non-hydrogen) atoms. The van der Waals surface area contributed by atoms with Crippen LogP contribution in [0.25, 0.3) is 0 Å². The predicted octanol–water partition coefficient (Wildman–Crippen LogP) is 1.77. The van der Waals surface area contributed by atoms with Crippen LogP contribution in [-0.2, 0) is 9.53 Å². The fourth-order valence-electron chi connectivity index (χ4n) is 0.655. The molecule has 1 amide bonds. The van der Waals surface area contributed by atoms with Crippen LogP contribution in [0, 0.1) is 5.92 Å². The van der Waals surface area contributed by atoms with Gasteiger partial charge < -0.3 is 10.1 Å².